The summed E-state index contributed by atoms with van der Waals surface area (Å²) >= 11 is 0. The number of rotatable bonds is 7. The summed E-state index contributed by atoms with van der Waals surface area (Å²) in [5.41, 5.74) is 2.06. The predicted molar refractivity (Wildman–Crippen MR) is 81.6 cm³/mol. The molecule has 0 aliphatic carbocycles. The zero-order valence-corrected chi connectivity index (χ0v) is 11.9. The summed E-state index contributed by atoms with van der Waals surface area (Å²) < 4.78 is 0. The van der Waals surface area contributed by atoms with Crippen molar-refractivity contribution in [3.63, 3.8) is 0 Å². The van der Waals surface area contributed by atoms with Crippen LogP contribution in [0.3, 0.4) is 0 Å². The lowest BCUT2D eigenvalue weighted by Crippen LogP contribution is -2.29. The fourth-order valence-corrected chi connectivity index (χ4v) is 2.21. The minimum absolute atomic E-state index is 0.0128. The van der Waals surface area contributed by atoms with Gasteiger partial charge < -0.3 is 10.4 Å². The molecule has 110 valence electrons. The maximum atomic E-state index is 12.1. The molecule has 0 saturated carbocycles. The molecule has 0 bridgehead atoms. The lowest BCUT2D eigenvalue weighted by molar-refractivity contribution is -0.121. The van der Waals surface area contributed by atoms with Gasteiger partial charge in [0.2, 0.25) is 5.91 Å². The summed E-state index contributed by atoms with van der Waals surface area (Å²) in [6.07, 6.45) is 5.09. The molecular formula is C17H20N2O2. The van der Waals surface area contributed by atoms with Crippen molar-refractivity contribution in [2.24, 2.45) is 0 Å². The molecule has 1 atom stereocenters. The highest BCUT2D eigenvalue weighted by Crippen LogP contribution is 2.16. The first kappa shape index (κ1) is 15.2. The monoisotopic (exact) mass is 284 g/mol. The summed E-state index contributed by atoms with van der Waals surface area (Å²) in [7, 11) is 0. The topological polar surface area (TPSA) is 62.2 Å². The molecule has 1 heterocycles. The number of pyridine rings is 1. The number of aromatic nitrogens is 1. The highest BCUT2D eigenvalue weighted by molar-refractivity contribution is 5.76. The highest BCUT2D eigenvalue weighted by atomic mass is 16.3. The van der Waals surface area contributed by atoms with Gasteiger partial charge in [-0.1, -0.05) is 36.4 Å². The minimum atomic E-state index is -0.141. The first-order chi connectivity index (χ1) is 10.3. The molecule has 2 rings (SSSR count). The second kappa shape index (κ2) is 8.17. The first-order valence-electron chi connectivity index (χ1n) is 7.13. The second-order valence-corrected chi connectivity index (χ2v) is 4.90. The number of benzene rings is 1. The van der Waals surface area contributed by atoms with Crippen molar-refractivity contribution in [2.45, 2.75) is 25.3 Å². The fraction of sp³-hybridized carbons (Fsp3) is 0.294. The molecule has 0 fully saturated rings. The quantitative estimate of drug-likeness (QED) is 0.819. The third kappa shape index (κ3) is 5.00. The number of carbonyl (C=O) groups excluding carboxylic acids is 1. The van der Waals surface area contributed by atoms with E-state index >= 15 is 0 Å². The van der Waals surface area contributed by atoms with E-state index in [1.54, 1.807) is 12.4 Å². The number of aliphatic hydroxyl groups excluding tert-OH is 1. The first-order valence-corrected chi connectivity index (χ1v) is 7.13. The van der Waals surface area contributed by atoms with Crippen molar-refractivity contribution < 1.29 is 9.90 Å². The summed E-state index contributed by atoms with van der Waals surface area (Å²) in [6.45, 7) is 0.0441. The molecule has 4 nitrogen and oxygen atoms in total. The van der Waals surface area contributed by atoms with Gasteiger partial charge in [0.05, 0.1) is 6.04 Å². The second-order valence-electron chi connectivity index (χ2n) is 4.90. The van der Waals surface area contributed by atoms with Crippen LogP contribution in [0.15, 0.2) is 54.9 Å². The number of hydrogen-bond donors (Lipinski definition) is 2. The van der Waals surface area contributed by atoms with Gasteiger partial charge in [0, 0.05) is 25.4 Å². The van der Waals surface area contributed by atoms with Gasteiger partial charge in [0.25, 0.3) is 0 Å². The Morgan fingerprint density at radius 1 is 1.19 bits per heavy atom. The van der Waals surface area contributed by atoms with E-state index in [-0.39, 0.29) is 18.6 Å². The maximum Gasteiger partial charge on any atom is 0.220 e. The molecule has 1 unspecified atom stereocenters. The summed E-state index contributed by atoms with van der Waals surface area (Å²) in [6, 6.07) is 13.4. The van der Waals surface area contributed by atoms with Crippen LogP contribution in [0.1, 0.15) is 30.0 Å². The van der Waals surface area contributed by atoms with Crippen molar-refractivity contribution in [2.75, 3.05) is 6.61 Å². The van der Waals surface area contributed by atoms with E-state index in [1.807, 2.05) is 42.5 Å². The van der Waals surface area contributed by atoms with Gasteiger partial charge in [-0.15, -0.1) is 0 Å². The van der Waals surface area contributed by atoms with Gasteiger partial charge in [-0.2, -0.15) is 0 Å². The number of carbonyl (C=O) groups is 1. The van der Waals surface area contributed by atoms with Gasteiger partial charge >= 0.3 is 0 Å². The molecule has 2 aromatic rings. The van der Waals surface area contributed by atoms with E-state index in [2.05, 4.69) is 10.3 Å². The van der Waals surface area contributed by atoms with Gasteiger partial charge in [-0.05, 0) is 30.0 Å². The van der Waals surface area contributed by atoms with Gasteiger partial charge in [-0.25, -0.2) is 0 Å². The Kier molecular flexibility index (Phi) is 5.91. The molecule has 2 N–H and O–H groups in total. The number of hydrogen-bond acceptors (Lipinski definition) is 3. The SMILES string of the molecule is O=C(CCc1cccnc1)NC(CCO)c1ccccc1. The van der Waals surface area contributed by atoms with Crippen molar-refractivity contribution in [1.29, 1.82) is 0 Å². The summed E-state index contributed by atoms with van der Waals surface area (Å²) in [5.74, 6) is -0.0128. The van der Waals surface area contributed by atoms with E-state index in [1.165, 1.54) is 0 Å². The van der Waals surface area contributed by atoms with Crippen molar-refractivity contribution in [3.8, 4) is 0 Å². The molecular weight excluding hydrogens is 264 g/mol. The van der Waals surface area contributed by atoms with Crippen LogP contribution < -0.4 is 5.32 Å². The molecule has 0 saturated heterocycles. The Bertz CT molecular complexity index is 543. The van der Waals surface area contributed by atoms with Gasteiger partial charge in [0.15, 0.2) is 0 Å². The Balaban J connectivity index is 1.89. The molecule has 1 amide bonds. The molecule has 0 aliphatic heterocycles. The average Bonchev–Trinajstić information content (AvgIpc) is 2.54. The molecule has 0 aliphatic rings. The molecule has 0 spiro atoms. The third-order valence-corrected chi connectivity index (χ3v) is 3.32. The van der Waals surface area contributed by atoms with E-state index in [0.29, 0.717) is 19.3 Å². The van der Waals surface area contributed by atoms with E-state index in [9.17, 15) is 4.79 Å². The van der Waals surface area contributed by atoms with E-state index < -0.39 is 0 Å². The van der Waals surface area contributed by atoms with E-state index in [0.717, 1.165) is 11.1 Å². The number of nitrogens with zero attached hydrogens (tertiary/aromatic N) is 1. The predicted octanol–water partition coefficient (Wildman–Crippen LogP) is 2.25. The van der Waals surface area contributed by atoms with Crippen molar-refractivity contribution >= 4 is 5.91 Å². The van der Waals surface area contributed by atoms with Crippen LogP contribution >= 0.6 is 0 Å². The zero-order chi connectivity index (χ0) is 14.9. The van der Waals surface area contributed by atoms with Gasteiger partial charge in [-0.3, -0.25) is 9.78 Å². The smallest absolute Gasteiger partial charge is 0.220 e. The van der Waals surface area contributed by atoms with Crippen LogP contribution in [0.25, 0.3) is 0 Å². The van der Waals surface area contributed by atoms with Gasteiger partial charge in [0.1, 0.15) is 0 Å². The molecule has 1 aromatic heterocycles. The Hall–Kier alpha value is -2.20. The number of aryl methyl sites for hydroxylation is 1. The Labute approximate surface area is 124 Å². The number of nitrogens with one attached hydrogen (secondary N) is 1. The van der Waals surface area contributed by atoms with Crippen LogP contribution in [-0.4, -0.2) is 22.6 Å². The highest BCUT2D eigenvalue weighted by Gasteiger charge is 2.13. The number of amides is 1. The lowest BCUT2D eigenvalue weighted by Gasteiger charge is -2.18. The molecule has 4 heteroatoms. The minimum Gasteiger partial charge on any atom is -0.396 e. The standard InChI is InChI=1S/C17H20N2O2/c20-12-10-16(15-6-2-1-3-7-15)19-17(21)9-8-14-5-4-11-18-13-14/h1-7,11,13,16,20H,8-10,12H2,(H,19,21). The van der Waals surface area contributed by atoms with Crippen LogP contribution in [0.5, 0.6) is 0 Å². The van der Waals surface area contributed by atoms with Crippen LogP contribution in [0, 0.1) is 0 Å². The Morgan fingerprint density at radius 3 is 2.67 bits per heavy atom. The van der Waals surface area contributed by atoms with Crippen molar-refractivity contribution in [3.05, 3.63) is 66.0 Å². The lowest BCUT2D eigenvalue weighted by atomic mass is 10.0. The van der Waals surface area contributed by atoms with E-state index in [4.69, 9.17) is 5.11 Å². The van der Waals surface area contributed by atoms with Crippen molar-refractivity contribution in [1.82, 2.24) is 10.3 Å². The Morgan fingerprint density at radius 2 is 2.00 bits per heavy atom. The average molecular weight is 284 g/mol. The third-order valence-electron chi connectivity index (χ3n) is 3.32. The largest absolute Gasteiger partial charge is 0.396 e. The molecule has 0 radical (unpaired) electrons. The zero-order valence-electron chi connectivity index (χ0n) is 11.9. The maximum absolute atomic E-state index is 12.1. The van der Waals surface area contributed by atoms with Crippen LogP contribution in [0.2, 0.25) is 0 Å². The molecule has 1 aromatic carbocycles. The molecule has 21 heavy (non-hydrogen) atoms. The van der Waals surface area contributed by atoms with Crippen LogP contribution in [-0.2, 0) is 11.2 Å². The fourth-order valence-electron chi connectivity index (χ4n) is 2.21. The number of aliphatic hydroxyl groups is 1. The normalized spacial score (nSPS) is 11.9. The summed E-state index contributed by atoms with van der Waals surface area (Å²) in [4.78, 5) is 16.1. The van der Waals surface area contributed by atoms with Crippen LogP contribution in [0.4, 0.5) is 0 Å². The summed E-state index contributed by atoms with van der Waals surface area (Å²) in [5, 5.41) is 12.1.